The summed E-state index contributed by atoms with van der Waals surface area (Å²) in [6, 6.07) is -1.35. The maximum atomic E-state index is 13.2. The second kappa shape index (κ2) is 6.17. The molecule has 0 aliphatic rings. The zero-order chi connectivity index (χ0) is 19.9. The molecular weight excluding hydrogens is 378 g/mol. The van der Waals surface area contributed by atoms with Crippen molar-refractivity contribution in [1.82, 2.24) is 5.32 Å². The molecule has 0 fully saturated rings. The van der Waals surface area contributed by atoms with Crippen molar-refractivity contribution < 1.29 is 57.5 Å². The van der Waals surface area contributed by atoms with Crippen molar-refractivity contribution in [1.29, 1.82) is 0 Å². The molecule has 0 atom stereocenters. The Morgan fingerprint density at radius 3 is 1.42 bits per heavy atom. The van der Waals surface area contributed by atoms with Crippen molar-refractivity contribution in [2.45, 2.75) is 55.9 Å². The van der Waals surface area contributed by atoms with Gasteiger partial charge in [0.05, 0.1) is 0 Å². The molecule has 0 saturated heterocycles. The van der Waals surface area contributed by atoms with E-state index in [1.165, 1.54) is 0 Å². The summed E-state index contributed by atoms with van der Waals surface area (Å²) in [5, 5.41) is 0.991. The summed E-state index contributed by atoms with van der Waals surface area (Å²) in [5.74, 6) is -39.6. The van der Waals surface area contributed by atoms with Crippen LogP contribution in [0, 0.1) is 0 Å². The van der Waals surface area contributed by atoms with E-state index in [0.29, 0.717) is 0 Å². The normalized spacial score (nSPS) is 15.2. The molecule has 0 saturated carbocycles. The lowest BCUT2D eigenvalue weighted by atomic mass is 9.94. The average Bonchev–Trinajstić information content (AvgIpc) is 2.36. The number of nitrogens with one attached hydrogen (secondary N) is 1. The first-order valence-electron chi connectivity index (χ1n) is 5.76. The maximum absolute atomic E-state index is 13.2. The second-order valence-electron chi connectivity index (χ2n) is 4.85. The molecule has 0 bridgehead atoms. The van der Waals surface area contributed by atoms with Crippen LogP contribution < -0.4 is 5.32 Å². The molecule has 0 rings (SSSR count). The van der Waals surface area contributed by atoms with Crippen LogP contribution in [0.2, 0.25) is 0 Å². The number of carbonyl (C=O) groups excluding carboxylic acids is 1. The Labute approximate surface area is 126 Å². The molecule has 1 amide bonds. The van der Waals surface area contributed by atoms with Gasteiger partial charge in [-0.3, -0.25) is 4.79 Å². The summed E-state index contributed by atoms with van der Waals surface area (Å²) in [7, 11) is 0. The van der Waals surface area contributed by atoms with E-state index < -0.39 is 48.0 Å². The Hall–Kier alpha value is -1.37. The number of carbonyl (C=O) groups is 1. The van der Waals surface area contributed by atoms with Crippen LogP contribution in [0.25, 0.3) is 0 Å². The highest BCUT2D eigenvalue weighted by molar-refractivity contribution is 5.85. The highest BCUT2D eigenvalue weighted by Gasteiger charge is 2.89. The fourth-order valence-electron chi connectivity index (χ4n) is 1.24. The Balaban J connectivity index is 6.12. The predicted octanol–water partition coefficient (Wildman–Crippen LogP) is 3.95. The van der Waals surface area contributed by atoms with Crippen LogP contribution in [0.15, 0.2) is 0 Å². The monoisotopic (exact) mass is 387 g/mol. The van der Waals surface area contributed by atoms with Gasteiger partial charge in [-0.1, -0.05) is 0 Å². The first kappa shape index (κ1) is 22.6. The number of hydrogen-bond donors (Lipinski definition) is 1. The van der Waals surface area contributed by atoms with Gasteiger partial charge in [-0.15, -0.1) is 0 Å². The number of hydrogen-bond acceptors (Lipinski definition) is 1. The van der Waals surface area contributed by atoms with Crippen LogP contribution in [0.3, 0.4) is 0 Å². The number of rotatable bonds is 7. The molecule has 0 spiro atoms. The van der Waals surface area contributed by atoms with Crippen LogP contribution in [0.5, 0.6) is 0 Å². The number of halogens is 12. The number of amides is 1. The van der Waals surface area contributed by atoms with Gasteiger partial charge in [-0.05, 0) is 13.8 Å². The average molecular weight is 387 g/mol. The van der Waals surface area contributed by atoms with Gasteiger partial charge in [0.1, 0.15) is 0 Å². The van der Waals surface area contributed by atoms with Gasteiger partial charge < -0.3 is 5.32 Å². The molecule has 0 aromatic heterocycles. The van der Waals surface area contributed by atoms with E-state index in [9.17, 15) is 57.5 Å². The molecule has 0 heterocycles. The van der Waals surface area contributed by atoms with Gasteiger partial charge in [0.15, 0.2) is 0 Å². The standard InChI is InChI=1S/C10H9F12NO/c1-3(2)23-5(24)7(15,16)9(19,20)10(21,22)8(17,18)6(13,14)4(11)12/h3-4H,1-2H3,(H,23,24). The van der Waals surface area contributed by atoms with Crippen molar-refractivity contribution in [2.75, 3.05) is 0 Å². The minimum atomic E-state index is -7.70. The van der Waals surface area contributed by atoms with Crippen LogP contribution in [0.4, 0.5) is 52.7 Å². The van der Waals surface area contributed by atoms with Gasteiger partial charge >= 0.3 is 36.0 Å². The molecule has 14 heteroatoms. The van der Waals surface area contributed by atoms with E-state index in [1.54, 1.807) is 0 Å². The van der Waals surface area contributed by atoms with Gasteiger partial charge in [0, 0.05) is 6.04 Å². The molecule has 144 valence electrons. The minimum Gasteiger partial charge on any atom is -0.348 e. The largest absolute Gasteiger partial charge is 0.392 e. The Morgan fingerprint density at radius 1 is 0.750 bits per heavy atom. The smallest absolute Gasteiger partial charge is 0.348 e. The van der Waals surface area contributed by atoms with E-state index in [1.807, 2.05) is 0 Å². The van der Waals surface area contributed by atoms with Crippen LogP contribution in [0.1, 0.15) is 13.8 Å². The molecular formula is C10H9F12NO. The third-order valence-corrected chi connectivity index (χ3v) is 2.58. The van der Waals surface area contributed by atoms with Gasteiger partial charge in [-0.2, -0.15) is 43.9 Å². The summed E-state index contributed by atoms with van der Waals surface area (Å²) >= 11 is 0. The van der Waals surface area contributed by atoms with Crippen molar-refractivity contribution in [3.8, 4) is 0 Å². The van der Waals surface area contributed by atoms with Crippen molar-refractivity contribution in [3.63, 3.8) is 0 Å². The van der Waals surface area contributed by atoms with Crippen LogP contribution >= 0.6 is 0 Å². The van der Waals surface area contributed by atoms with Crippen molar-refractivity contribution in [3.05, 3.63) is 0 Å². The zero-order valence-corrected chi connectivity index (χ0v) is 11.6. The van der Waals surface area contributed by atoms with Gasteiger partial charge in [0.2, 0.25) is 0 Å². The van der Waals surface area contributed by atoms with E-state index >= 15 is 0 Å². The second-order valence-corrected chi connectivity index (χ2v) is 4.85. The van der Waals surface area contributed by atoms with E-state index in [4.69, 9.17) is 0 Å². The molecule has 0 radical (unpaired) electrons. The predicted molar refractivity (Wildman–Crippen MR) is 54.0 cm³/mol. The summed E-state index contributed by atoms with van der Waals surface area (Å²) in [5.41, 5.74) is 0. The molecule has 0 unspecified atom stereocenters. The van der Waals surface area contributed by atoms with E-state index in [2.05, 4.69) is 0 Å². The lowest BCUT2D eigenvalue weighted by Crippen LogP contribution is -2.71. The third-order valence-electron chi connectivity index (χ3n) is 2.58. The summed E-state index contributed by atoms with van der Waals surface area (Å²) < 4.78 is 153. The lowest BCUT2D eigenvalue weighted by molar-refractivity contribution is -0.407. The zero-order valence-electron chi connectivity index (χ0n) is 11.6. The first-order valence-corrected chi connectivity index (χ1v) is 5.76. The van der Waals surface area contributed by atoms with Crippen molar-refractivity contribution in [2.24, 2.45) is 0 Å². The molecule has 1 N–H and O–H groups in total. The maximum Gasteiger partial charge on any atom is 0.392 e. The summed E-state index contributed by atoms with van der Waals surface area (Å²) in [4.78, 5) is 10.8. The molecule has 0 aliphatic heterocycles. The Kier molecular flexibility index (Phi) is 5.82. The fraction of sp³-hybridized carbons (Fsp3) is 0.900. The lowest BCUT2D eigenvalue weighted by Gasteiger charge is -2.38. The Bertz CT molecular complexity index is 472. The quantitative estimate of drug-likeness (QED) is 0.659. The van der Waals surface area contributed by atoms with Crippen LogP contribution in [-0.4, -0.2) is 48.0 Å². The molecule has 24 heavy (non-hydrogen) atoms. The van der Waals surface area contributed by atoms with Gasteiger partial charge in [-0.25, -0.2) is 8.78 Å². The Morgan fingerprint density at radius 2 is 1.12 bits per heavy atom. The highest BCUT2D eigenvalue weighted by atomic mass is 19.4. The highest BCUT2D eigenvalue weighted by Crippen LogP contribution is 2.58. The van der Waals surface area contributed by atoms with Gasteiger partial charge in [0.25, 0.3) is 5.91 Å². The fourth-order valence-corrected chi connectivity index (χ4v) is 1.24. The van der Waals surface area contributed by atoms with Crippen molar-refractivity contribution >= 4 is 5.91 Å². The van der Waals surface area contributed by atoms with E-state index in [0.717, 1.165) is 19.2 Å². The minimum absolute atomic E-state index is 0.893. The first-order chi connectivity index (χ1) is 10.3. The molecule has 0 aromatic rings. The number of alkyl halides is 12. The molecule has 2 nitrogen and oxygen atoms in total. The van der Waals surface area contributed by atoms with E-state index in [-0.39, 0.29) is 0 Å². The molecule has 0 aromatic carbocycles. The topological polar surface area (TPSA) is 29.1 Å². The SMILES string of the molecule is CC(C)NC(=O)C(F)(F)C(F)(F)C(F)(F)C(F)(F)C(F)(F)C(F)F. The van der Waals surface area contributed by atoms with Crippen LogP contribution in [-0.2, 0) is 4.79 Å². The molecule has 0 aliphatic carbocycles. The third kappa shape index (κ3) is 3.10. The summed E-state index contributed by atoms with van der Waals surface area (Å²) in [6.07, 6.45) is -5.58. The summed E-state index contributed by atoms with van der Waals surface area (Å²) in [6.45, 7) is 1.79.